The molecular formula is C19H22O. The van der Waals surface area contributed by atoms with Gasteiger partial charge in [0.2, 0.25) is 0 Å². The van der Waals surface area contributed by atoms with Gasteiger partial charge in [0.05, 0.1) is 13.2 Å². The van der Waals surface area contributed by atoms with Gasteiger partial charge in [-0.2, -0.15) is 0 Å². The van der Waals surface area contributed by atoms with Crippen LogP contribution >= 0.6 is 0 Å². The molecule has 1 heteroatoms. The normalized spacial score (nSPS) is 22.9. The highest BCUT2D eigenvalue weighted by Gasteiger charge is 2.27. The van der Waals surface area contributed by atoms with E-state index >= 15 is 0 Å². The van der Waals surface area contributed by atoms with E-state index in [-0.39, 0.29) is 0 Å². The Labute approximate surface area is 121 Å². The molecule has 3 aliphatic rings. The molecule has 20 heavy (non-hydrogen) atoms. The van der Waals surface area contributed by atoms with Crippen LogP contribution in [0.2, 0.25) is 0 Å². The Morgan fingerprint density at radius 3 is 2.30 bits per heavy atom. The van der Waals surface area contributed by atoms with Gasteiger partial charge >= 0.3 is 0 Å². The zero-order valence-corrected chi connectivity index (χ0v) is 13.1. The summed E-state index contributed by atoms with van der Waals surface area (Å²) in [5.41, 5.74) is 12.3. The number of hydrogen-bond acceptors (Lipinski definition) is 1. The number of hydrogen-bond donors (Lipinski definition) is 0. The Morgan fingerprint density at radius 2 is 1.55 bits per heavy atom. The van der Waals surface area contributed by atoms with Crippen LogP contribution in [0.5, 0.6) is 0 Å². The molecule has 0 aromatic heterocycles. The summed E-state index contributed by atoms with van der Waals surface area (Å²) < 4.78 is 5.72. The lowest BCUT2D eigenvalue weighted by atomic mass is 9.87. The third-order valence-corrected chi connectivity index (χ3v) is 4.48. The van der Waals surface area contributed by atoms with E-state index in [0.717, 1.165) is 13.2 Å². The summed E-state index contributed by atoms with van der Waals surface area (Å²) in [5.74, 6) is 0. The van der Waals surface area contributed by atoms with Crippen LogP contribution in [0.25, 0.3) is 0 Å². The summed E-state index contributed by atoms with van der Waals surface area (Å²) in [7, 11) is 0. The molecule has 0 atom stereocenters. The summed E-state index contributed by atoms with van der Waals surface area (Å²) in [6.07, 6.45) is 6.90. The van der Waals surface area contributed by atoms with E-state index in [1.807, 2.05) is 0 Å². The van der Waals surface area contributed by atoms with Gasteiger partial charge in [-0.3, -0.25) is 0 Å². The Hall–Kier alpha value is -1.60. The maximum absolute atomic E-state index is 5.72. The summed E-state index contributed by atoms with van der Waals surface area (Å²) in [5, 5.41) is 0. The highest BCUT2D eigenvalue weighted by atomic mass is 16.5. The van der Waals surface area contributed by atoms with Crippen molar-refractivity contribution in [3.63, 3.8) is 0 Å². The third-order valence-electron chi connectivity index (χ3n) is 4.48. The lowest BCUT2D eigenvalue weighted by Gasteiger charge is -2.17. The quantitative estimate of drug-likeness (QED) is 0.611. The highest BCUT2D eigenvalue weighted by molar-refractivity contribution is 5.70. The fraction of sp³-hybridized carbons (Fsp3) is 0.368. The number of allylic oxidation sites excluding steroid dienone is 10. The van der Waals surface area contributed by atoms with Crippen molar-refractivity contribution in [2.75, 3.05) is 13.2 Å². The second-order valence-electron chi connectivity index (χ2n) is 6.10. The molecule has 0 saturated carbocycles. The molecular weight excluding hydrogens is 244 g/mol. The first-order valence-corrected chi connectivity index (χ1v) is 7.27. The summed E-state index contributed by atoms with van der Waals surface area (Å²) in [6.45, 7) is 12.6. The van der Waals surface area contributed by atoms with E-state index in [4.69, 9.17) is 4.74 Å². The van der Waals surface area contributed by atoms with Crippen LogP contribution in [0, 0.1) is 0 Å². The minimum absolute atomic E-state index is 0.739. The van der Waals surface area contributed by atoms with Crippen molar-refractivity contribution in [1.82, 2.24) is 0 Å². The van der Waals surface area contributed by atoms with Crippen molar-refractivity contribution in [2.24, 2.45) is 0 Å². The monoisotopic (exact) mass is 266 g/mol. The fourth-order valence-electron chi connectivity index (χ4n) is 3.51. The third kappa shape index (κ3) is 1.97. The average Bonchev–Trinajstić information content (AvgIpc) is 2.73. The second-order valence-corrected chi connectivity index (χ2v) is 6.10. The van der Waals surface area contributed by atoms with Gasteiger partial charge in [-0.25, -0.2) is 0 Å². The van der Waals surface area contributed by atoms with Crippen molar-refractivity contribution in [3.05, 3.63) is 68.4 Å². The largest absolute Gasteiger partial charge is 0.372 e. The molecule has 0 amide bonds. The van der Waals surface area contributed by atoms with Gasteiger partial charge in [0.15, 0.2) is 0 Å². The standard InChI is InChI=1S/C19H22O/c1-11-6-13(3)18-15(5)12(2)8-16-9-20-10-17(16)19(18)14(4)7-11/h6-8H,9-10H2,1-5H3. The van der Waals surface area contributed by atoms with Crippen molar-refractivity contribution in [2.45, 2.75) is 34.6 Å². The Kier molecular flexibility index (Phi) is 3.18. The first-order chi connectivity index (χ1) is 9.49. The molecule has 1 saturated heterocycles. The molecule has 1 heterocycles. The van der Waals surface area contributed by atoms with Crippen LogP contribution in [0.4, 0.5) is 0 Å². The molecule has 0 bridgehead atoms. The van der Waals surface area contributed by atoms with Crippen molar-refractivity contribution in [3.8, 4) is 0 Å². The van der Waals surface area contributed by atoms with Crippen molar-refractivity contribution in [1.29, 1.82) is 0 Å². The molecule has 104 valence electrons. The van der Waals surface area contributed by atoms with Gasteiger partial charge < -0.3 is 4.74 Å². The van der Waals surface area contributed by atoms with Gasteiger partial charge in [0.25, 0.3) is 0 Å². The highest BCUT2D eigenvalue weighted by Crippen LogP contribution is 2.41. The molecule has 0 aromatic rings. The summed E-state index contributed by atoms with van der Waals surface area (Å²) >= 11 is 0. The lowest BCUT2D eigenvalue weighted by molar-refractivity contribution is 0.214. The van der Waals surface area contributed by atoms with Crippen molar-refractivity contribution < 1.29 is 4.74 Å². The molecule has 1 fully saturated rings. The number of fused-ring (bicyclic) bond motifs is 2. The van der Waals surface area contributed by atoms with Gasteiger partial charge in [0.1, 0.15) is 0 Å². The van der Waals surface area contributed by atoms with Gasteiger partial charge in [0, 0.05) is 0 Å². The summed E-state index contributed by atoms with van der Waals surface area (Å²) in [4.78, 5) is 0. The van der Waals surface area contributed by atoms with Crippen LogP contribution in [-0.2, 0) is 4.74 Å². The van der Waals surface area contributed by atoms with E-state index in [1.165, 1.54) is 50.2 Å². The maximum Gasteiger partial charge on any atom is 0.0731 e. The summed E-state index contributed by atoms with van der Waals surface area (Å²) in [6, 6.07) is 0. The SMILES string of the molecule is CC1=CC(C)=C2C(C)=C(C)C=C3COCC3=C2C(C)=C1. The molecule has 3 rings (SSSR count). The zero-order valence-electron chi connectivity index (χ0n) is 13.1. The van der Waals surface area contributed by atoms with Crippen LogP contribution < -0.4 is 0 Å². The van der Waals surface area contributed by atoms with Gasteiger partial charge in [-0.05, 0) is 79.2 Å². The number of ether oxygens (including phenoxy) is 1. The first-order valence-electron chi connectivity index (χ1n) is 7.27. The van der Waals surface area contributed by atoms with Crippen LogP contribution in [0.3, 0.4) is 0 Å². The van der Waals surface area contributed by atoms with Crippen LogP contribution in [0.1, 0.15) is 34.6 Å². The number of rotatable bonds is 0. The minimum atomic E-state index is 0.739. The molecule has 0 aromatic carbocycles. The van der Waals surface area contributed by atoms with E-state index in [2.05, 4.69) is 52.8 Å². The fourth-order valence-corrected chi connectivity index (χ4v) is 3.51. The Bertz CT molecular complexity index is 673. The topological polar surface area (TPSA) is 9.23 Å². The smallest absolute Gasteiger partial charge is 0.0731 e. The van der Waals surface area contributed by atoms with Gasteiger partial charge in [-0.15, -0.1) is 0 Å². The molecule has 1 aliphatic heterocycles. The van der Waals surface area contributed by atoms with Crippen LogP contribution in [-0.4, -0.2) is 13.2 Å². The molecule has 0 N–H and O–H groups in total. The van der Waals surface area contributed by atoms with E-state index in [9.17, 15) is 0 Å². The molecule has 0 unspecified atom stereocenters. The lowest BCUT2D eigenvalue weighted by Crippen LogP contribution is -2.01. The maximum atomic E-state index is 5.72. The predicted molar refractivity (Wildman–Crippen MR) is 84.5 cm³/mol. The minimum Gasteiger partial charge on any atom is -0.372 e. The van der Waals surface area contributed by atoms with E-state index in [0.29, 0.717) is 0 Å². The Morgan fingerprint density at radius 1 is 0.800 bits per heavy atom. The first kappa shape index (κ1) is 13.4. The van der Waals surface area contributed by atoms with E-state index < -0.39 is 0 Å². The van der Waals surface area contributed by atoms with E-state index in [1.54, 1.807) is 0 Å². The molecule has 1 nitrogen and oxygen atoms in total. The molecule has 0 radical (unpaired) electrons. The second kappa shape index (κ2) is 4.75. The van der Waals surface area contributed by atoms with Gasteiger partial charge in [-0.1, -0.05) is 23.8 Å². The average molecular weight is 266 g/mol. The predicted octanol–water partition coefficient (Wildman–Crippen LogP) is 4.81. The van der Waals surface area contributed by atoms with Crippen molar-refractivity contribution >= 4 is 0 Å². The Balaban J connectivity index is 2.40. The molecule has 2 aliphatic carbocycles. The molecule has 0 spiro atoms. The van der Waals surface area contributed by atoms with Crippen LogP contribution in [0.15, 0.2) is 68.4 Å². The zero-order chi connectivity index (χ0) is 14.4.